The highest BCUT2D eigenvalue weighted by atomic mass is 16.5. The minimum Gasteiger partial charge on any atom is -0.465 e. The van der Waals surface area contributed by atoms with E-state index >= 15 is 0 Å². The summed E-state index contributed by atoms with van der Waals surface area (Å²) in [5.41, 5.74) is 4.16. The molecule has 2 aromatic rings. The van der Waals surface area contributed by atoms with Gasteiger partial charge < -0.3 is 9.15 Å². The van der Waals surface area contributed by atoms with Crippen molar-refractivity contribution in [2.24, 2.45) is 5.10 Å². The number of ether oxygens (including phenoxy) is 1. The molecular formula is C20H24N4O3. The van der Waals surface area contributed by atoms with Gasteiger partial charge in [0, 0.05) is 6.42 Å². The van der Waals surface area contributed by atoms with Crippen LogP contribution in [-0.4, -0.2) is 24.3 Å². The number of nitrogens with one attached hydrogen (secondary N) is 1. The Balaban J connectivity index is 1.91. The third kappa shape index (κ3) is 6.26. The van der Waals surface area contributed by atoms with E-state index in [0.717, 1.165) is 18.4 Å². The van der Waals surface area contributed by atoms with Crippen LogP contribution in [-0.2, 0) is 11.2 Å². The first-order chi connectivity index (χ1) is 13.2. The Hall–Kier alpha value is -3.14. The van der Waals surface area contributed by atoms with Crippen LogP contribution in [0.3, 0.4) is 0 Å². The van der Waals surface area contributed by atoms with E-state index in [2.05, 4.69) is 27.2 Å². The van der Waals surface area contributed by atoms with Gasteiger partial charge in [-0.25, -0.2) is 15.2 Å². The maximum atomic E-state index is 11.4. The lowest BCUT2D eigenvalue weighted by Crippen LogP contribution is -2.00. The largest absolute Gasteiger partial charge is 0.465 e. The second-order valence-corrected chi connectivity index (χ2v) is 6.04. The van der Waals surface area contributed by atoms with Crippen LogP contribution >= 0.6 is 0 Å². The summed E-state index contributed by atoms with van der Waals surface area (Å²) in [6, 6.07) is 8.79. The van der Waals surface area contributed by atoms with Crippen LogP contribution in [0.25, 0.3) is 0 Å². The van der Waals surface area contributed by atoms with Gasteiger partial charge in [-0.1, -0.05) is 44.7 Å². The number of hydrogen-bond donors (Lipinski definition) is 1. The van der Waals surface area contributed by atoms with E-state index in [-0.39, 0.29) is 17.5 Å². The molecule has 0 saturated carbocycles. The third-order valence-corrected chi connectivity index (χ3v) is 3.98. The molecule has 0 saturated heterocycles. The van der Waals surface area contributed by atoms with E-state index in [9.17, 15) is 10.1 Å². The zero-order valence-corrected chi connectivity index (χ0v) is 15.7. The van der Waals surface area contributed by atoms with Crippen LogP contribution in [0.1, 0.15) is 66.5 Å². The van der Waals surface area contributed by atoms with Crippen LogP contribution in [0.15, 0.2) is 33.8 Å². The standard InChI is InChI=1S/C20H24N4O3/c1-3-4-5-6-7-8-18-23-17(13-21)19(27-18)24-22-14-15-9-11-16(12-10-15)20(25)26-2/h9-12,14,24H,3-8H2,1-2H3/b22-14-. The Morgan fingerprint density at radius 2 is 2.04 bits per heavy atom. The maximum absolute atomic E-state index is 11.4. The first-order valence-electron chi connectivity index (χ1n) is 9.05. The molecule has 7 heteroatoms. The van der Waals surface area contributed by atoms with Crippen LogP contribution in [0.4, 0.5) is 5.88 Å². The number of methoxy groups -OCH3 is 1. The summed E-state index contributed by atoms with van der Waals surface area (Å²) in [4.78, 5) is 15.6. The molecular weight excluding hydrogens is 344 g/mol. The molecule has 0 radical (unpaired) electrons. The first-order valence-corrected chi connectivity index (χ1v) is 9.05. The molecule has 0 aliphatic heterocycles. The molecule has 0 fully saturated rings. The predicted molar refractivity (Wildman–Crippen MR) is 103 cm³/mol. The lowest BCUT2D eigenvalue weighted by Gasteiger charge is -1.99. The van der Waals surface area contributed by atoms with E-state index in [4.69, 9.17) is 4.42 Å². The van der Waals surface area contributed by atoms with Gasteiger partial charge in [-0.15, -0.1) is 0 Å². The molecule has 1 N–H and O–H groups in total. The van der Waals surface area contributed by atoms with Gasteiger partial charge in [0.15, 0.2) is 5.89 Å². The maximum Gasteiger partial charge on any atom is 0.337 e. The quantitative estimate of drug-likeness (QED) is 0.290. The Morgan fingerprint density at radius 3 is 2.70 bits per heavy atom. The van der Waals surface area contributed by atoms with Gasteiger partial charge in [0.25, 0.3) is 5.88 Å². The second kappa shape index (κ2) is 10.8. The lowest BCUT2D eigenvalue weighted by atomic mass is 10.1. The number of hydrogen-bond acceptors (Lipinski definition) is 7. The number of rotatable bonds is 10. The molecule has 0 unspecified atom stereocenters. The van der Waals surface area contributed by atoms with Crippen LogP contribution in [0.5, 0.6) is 0 Å². The molecule has 0 aliphatic rings. The molecule has 0 bridgehead atoms. The summed E-state index contributed by atoms with van der Waals surface area (Å²) in [6.07, 6.45) is 8.02. The normalized spacial score (nSPS) is 10.7. The average molecular weight is 368 g/mol. The molecule has 1 heterocycles. The monoisotopic (exact) mass is 368 g/mol. The Kier molecular flexibility index (Phi) is 8.04. The van der Waals surface area contributed by atoms with Crippen molar-refractivity contribution in [3.63, 3.8) is 0 Å². The van der Waals surface area contributed by atoms with E-state index in [1.54, 1.807) is 30.5 Å². The Bertz CT molecular complexity index is 804. The van der Waals surface area contributed by atoms with E-state index in [1.807, 2.05) is 6.07 Å². The van der Waals surface area contributed by atoms with Gasteiger partial charge in [0.05, 0.1) is 18.9 Å². The number of oxazole rings is 1. The molecule has 27 heavy (non-hydrogen) atoms. The van der Waals surface area contributed by atoms with Gasteiger partial charge in [-0.3, -0.25) is 0 Å². The molecule has 0 aliphatic carbocycles. The number of hydrazone groups is 1. The van der Waals surface area contributed by atoms with Crippen molar-refractivity contribution in [3.05, 3.63) is 47.0 Å². The minimum atomic E-state index is -0.390. The molecule has 0 amide bonds. The summed E-state index contributed by atoms with van der Waals surface area (Å²) in [5, 5.41) is 13.3. The number of nitriles is 1. The van der Waals surface area contributed by atoms with Crippen molar-refractivity contribution >= 4 is 18.1 Å². The molecule has 142 valence electrons. The van der Waals surface area contributed by atoms with Gasteiger partial charge in [0.1, 0.15) is 6.07 Å². The highest BCUT2D eigenvalue weighted by Crippen LogP contribution is 2.18. The van der Waals surface area contributed by atoms with Crippen molar-refractivity contribution in [2.45, 2.75) is 45.4 Å². The fourth-order valence-electron chi connectivity index (χ4n) is 2.49. The Morgan fingerprint density at radius 1 is 1.30 bits per heavy atom. The fourth-order valence-corrected chi connectivity index (χ4v) is 2.49. The summed E-state index contributed by atoms with van der Waals surface area (Å²) in [5.74, 6) is 0.394. The van der Waals surface area contributed by atoms with Crippen molar-refractivity contribution in [1.82, 2.24) is 4.98 Å². The number of aromatic nitrogens is 1. The topological polar surface area (TPSA) is 101 Å². The SMILES string of the molecule is CCCCCCCc1nc(C#N)c(N/N=C\c2ccc(C(=O)OC)cc2)o1. The molecule has 1 aromatic carbocycles. The third-order valence-electron chi connectivity index (χ3n) is 3.98. The van der Waals surface area contributed by atoms with Gasteiger partial charge in [0.2, 0.25) is 5.69 Å². The smallest absolute Gasteiger partial charge is 0.337 e. The number of esters is 1. The predicted octanol–water partition coefficient (Wildman–Crippen LogP) is 4.29. The summed E-state index contributed by atoms with van der Waals surface area (Å²) in [7, 11) is 1.34. The van der Waals surface area contributed by atoms with Crippen LogP contribution in [0.2, 0.25) is 0 Å². The number of benzene rings is 1. The van der Waals surface area contributed by atoms with Crippen molar-refractivity contribution < 1.29 is 13.9 Å². The highest BCUT2D eigenvalue weighted by Gasteiger charge is 2.12. The van der Waals surface area contributed by atoms with Gasteiger partial charge >= 0.3 is 5.97 Å². The van der Waals surface area contributed by atoms with Crippen molar-refractivity contribution in [2.75, 3.05) is 12.5 Å². The van der Waals surface area contributed by atoms with E-state index in [0.29, 0.717) is 17.9 Å². The van der Waals surface area contributed by atoms with Crippen LogP contribution in [0, 0.1) is 11.3 Å². The molecule has 0 atom stereocenters. The van der Waals surface area contributed by atoms with Gasteiger partial charge in [-0.05, 0) is 24.1 Å². The fraction of sp³-hybridized carbons (Fsp3) is 0.400. The zero-order valence-electron chi connectivity index (χ0n) is 15.7. The van der Waals surface area contributed by atoms with Crippen molar-refractivity contribution in [3.8, 4) is 6.07 Å². The van der Waals surface area contributed by atoms with E-state index < -0.39 is 0 Å². The van der Waals surface area contributed by atoms with E-state index in [1.165, 1.54) is 26.4 Å². The molecule has 1 aromatic heterocycles. The Labute approximate surface area is 159 Å². The molecule has 0 spiro atoms. The number of unbranched alkanes of at least 4 members (excludes halogenated alkanes) is 4. The second-order valence-electron chi connectivity index (χ2n) is 6.04. The number of carbonyl (C=O) groups excluding carboxylic acids is 1. The lowest BCUT2D eigenvalue weighted by molar-refractivity contribution is 0.0600. The highest BCUT2D eigenvalue weighted by molar-refractivity contribution is 5.90. The molecule has 7 nitrogen and oxygen atoms in total. The zero-order chi connectivity index (χ0) is 19.5. The first kappa shape index (κ1) is 20.2. The number of nitrogens with zero attached hydrogens (tertiary/aromatic N) is 3. The number of carbonyl (C=O) groups is 1. The summed E-state index contributed by atoms with van der Waals surface area (Å²) >= 11 is 0. The number of anilines is 1. The summed E-state index contributed by atoms with van der Waals surface area (Å²) in [6.45, 7) is 2.18. The van der Waals surface area contributed by atoms with Crippen LogP contribution < -0.4 is 5.43 Å². The molecule has 2 rings (SSSR count). The number of aryl methyl sites for hydroxylation is 1. The average Bonchev–Trinajstić information content (AvgIpc) is 3.09. The minimum absolute atomic E-state index is 0.191. The van der Waals surface area contributed by atoms with Gasteiger partial charge in [-0.2, -0.15) is 10.4 Å². The summed E-state index contributed by atoms with van der Waals surface area (Å²) < 4.78 is 10.3. The van der Waals surface area contributed by atoms with Crippen molar-refractivity contribution in [1.29, 1.82) is 5.26 Å².